The summed E-state index contributed by atoms with van der Waals surface area (Å²) >= 11 is 0. The Morgan fingerprint density at radius 3 is 2.27 bits per heavy atom. The summed E-state index contributed by atoms with van der Waals surface area (Å²) < 4.78 is 0. The average molecular weight is 415 g/mol. The molecule has 0 spiro atoms. The number of carbonyl (C=O) groups is 1. The molecule has 4 aliphatic rings. The maximum atomic E-state index is 12.8. The number of carbonyl (C=O) groups excluding carboxylic acids is 1. The third-order valence-corrected chi connectivity index (χ3v) is 11.3. The van der Waals surface area contributed by atoms with Gasteiger partial charge < -0.3 is 0 Å². The van der Waals surface area contributed by atoms with E-state index in [1.807, 2.05) is 0 Å². The van der Waals surface area contributed by atoms with Crippen LogP contribution in [0.3, 0.4) is 0 Å². The van der Waals surface area contributed by atoms with Crippen LogP contribution in [0.15, 0.2) is 0 Å². The number of hydrogen-bond donors (Lipinski definition) is 0. The minimum absolute atomic E-state index is 0.100. The molecule has 4 fully saturated rings. The summed E-state index contributed by atoms with van der Waals surface area (Å²) in [5.74, 6) is 6.66. The van der Waals surface area contributed by atoms with Gasteiger partial charge in [0.25, 0.3) is 0 Å². The highest BCUT2D eigenvalue weighted by atomic mass is 16.1. The molecular formula is C29H50O. The lowest BCUT2D eigenvalue weighted by molar-refractivity contribution is -0.157. The van der Waals surface area contributed by atoms with E-state index in [1.54, 1.807) is 0 Å². The number of ketones is 1. The van der Waals surface area contributed by atoms with E-state index in [-0.39, 0.29) is 5.41 Å². The topological polar surface area (TPSA) is 17.1 Å². The van der Waals surface area contributed by atoms with Crippen molar-refractivity contribution < 1.29 is 4.79 Å². The van der Waals surface area contributed by atoms with Crippen molar-refractivity contribution in [2.75, 3.05) is 0 Å². The Balaban J connectivity index is 1.50. The molecule has 0 bridgehead atoms. The first-order valence-corrected chi connectivity index (χ1v) is 13.5. The molecule has 1 unspecified atom stereocenters. The number of hydrogen-bond acceptors (Lipinski definition) is 1. The number of Topliss-reactive ketones (excluding diaryl/α,β-unsaturated/α-hetero) is 1. The molecule has 0 aromatic rings. The fourth-order valence-electron chi connectivity index (χ4n) is 9.72. The zero-order chi connectivity index (χ0) is 21.9. The smallest absolute Gasteiger partial charge is 0.138 e. The predicted molar refractivity (Wildman–Crippen MR) is 127 cm³/mol. The quantitative estimate of drug-likeness (QED) is 0.442. The van der Waals surface area contributed by atoms with Crippen LogP contribution in [0.2, 0.25) is 0 Å². The first kappa shape index (κ1) is 22.8. The average Bonchev–Trinajstić information content (AvgIpc) is 2.99. The molecule has 0 aromatic heterocycles. The van der Waals surface area contributed by atoms with Crippen LogP contribution in [0.25, 0.3) is 0 Å². The first-order valence-electron chi connectivity index (χ1n) is 13.5. The summed E-state index contributed by atoms with van der Waals surface area (Å²) in [5, 5.41) is 0. The third kappa shape index (κ3) is 3.63. The van der Waals surface area contributed by atoms with Gasteiger partial charge in [0.1, 0.15) is 5.78 Å². The summed E-state index contributed by atoms with van der Waals surface area (Å²) in [5.41, 5.74) is 0.890. The molecule has 4 aliphatic carbocycles. The van der Waals surface area contributed by atoms with Crippen molar-refractivity contribution in [3.63, 3.8) is 0 Å². The first-order chi connectivity index (χ1) is 14.0. The van der Waals surface area contributed by atoms with E-state index < -0.39 is 0 Å². The number of fused-ring (bicyclic) bond motifs is 5. The fourth-order valence-corrected chi connectivity index (χ4v) is 9.72. The minimum Gasteiger partial charge on any atom is -0.299 e. The van der Waals surface area contributed by atoms with Crippen LogP contribution in [0.1, 0.15) is 119 Å². The zero-order valence-corrected chi connectivity index (χ0v) is 21.2. The summed E-state index contributed by atoms with van der Waals surface area (Å²) in [7, 11) is 0. The van der Waals surface area contributed by atoms with Crippen LogP contribution < -0.4 is 0 Å². The highest BCUT2D eigenvalue weighted by Crippen LogP contribution is 2.69. The highest BCUT2D eigenvalue weighted by molar-refractivity contribution is 5.85. The van der Waals surface area contributed by atoms with Gasteiger partial charge in [-0.05, 0) is 97.2 Å². The van der Waals surface area contributed by atoms with Gasteiger partial charge in [-0.3, -0.25) is 4.79 Å². The van der Waals surface area contributed by atoms with E-state index in [2.05, 4.69) is 48.5 Å². The third-order valence-electron chi connectivity index (χ3n) is 11.3. The molecule has 0 aliphatic heterocycles. The van der Waals surface area contributed by atoms with Gasteiger partial charge in [0, 0.05) is 11.8 Å². The van der Waals surface area contributed by atoms with E-state index in [9.17, 15) is 4.79 Å². The fraction of sp³-hybridized carbons (Fsp3) is 0.966. The Morgan fingerprint density at radius 2 is 1.57 bits per heavy atom. The van der Waals surface area contributed by atoms with Crippen molar-refractivity contribution >= 4 is 5.78 Å². The number of rotatable bonds is 5. The van der Waals surface area contributed by atoms with Gasteiger partial charge in [-0.1, -0.05) is 67.7 Å². The second-order valence-electron chi connectivity index (χ2n) is 13.9. The molecule has 0 radical (unpaired) electrons. The summed E-state index contributed by atoms with van der Waals surface area (Å²) in [6, 6.07) is 0. The monoisotopic (exact) mass is 414 g/mol. The SMILES string of the molecule is CC(C)CCC[C@@H](C)[C@H]1CC[C@H]2[C@@H]3CCC4CC(=O)C(C)(C)C[C@]4(C)[C@H]3CC[C@]12C. The van der Waals surface area contributed by atoms with Crippen molar-refractivity contribution in [3.8, 4) is 0 Å². The van der Waals surface area contributed by atoms with Gasteiger partial charge in [0.15, 0.2) is 0 Å². The van der Waals surface area contributed by atoms with Crippen molar-refractivity contribution in [1.29, 1.82) is 0 Å². The normalized spacial score (nSPS) is 46.3. The van der Waals surface area contributed by atoms with Crippen LogP contribution in [-0.2, 0) is 4.79 Å². The lowest BCUT2D eigenvalue weighted by atomic mass is 9.42. The molecule has 0 heterocycles. The highest BCUT2D eigenvalue weighted by Gasteiger charge is 2.62. The van der Waals surface area contributed by atoms with E-state index in [0.717, 1.165) is 48.3 Å². The Labute approximate surface area is 187 Å². The molecule has 4 saturated carbocycles. The molecule has 8 atom stereocenters. The lowest BCUT2D eigenvalue weighted by Crippen LogP contribution is -2.56. The van der Waals surface area contributed by atoms with Crippen LogP contribution in [0, 0.1) is 57.7 Å². The summed E-state index contributed by atoms with van der Waals surface area (Å²) in [6.07, 6.45) is 14.9. The molecular weight excluding hydrogens is 364 g/mol. The van der Waals surface area contributed by atoms with Gasteiger partial charge in [0.05, 0.1) is 0 Å². The van der Waals surface area contributed by atoms with E-state index in [4.69, 9.17) is 0 Å². The second-order valence-corrected chi connectivity index (χ2v) is 13.9. The second kappa shape index (κ2) is 7.91. The molecule has 0 N–H and O–H groups in total. The zero-order valence-electron chi connectivity index (χ0n) is 21.2. The molecule has 1 nitrogen and oxygen atoms in total. The van der Waals surface area contributed by atoms with Gasteiger partial charge in [0.2, 0.25) is 0 Å². The summed E-state index contributed by atoms with van der Waals surface area (Å²) in [6.45, 7) is 17.1. The Bertz CT molecular complexity index is 647. The van der Waals surface area contributed by atoms with Crippen molar-refractivity contribution in [3.05, 3.63) is 0 Å². The van der Waals surface area contributed by atoms with Gasteiger partial charge in [-0.15, -0.1) is 0 Å². The molecule has 1 heteroatoms. The van der Waals surface area contributed by atoms with Crippen LogP contribution in [-0.4, -0.2) is 5.78 Å². The largest absolute Gasteiger partial charge is 0.299 e. The standard InChI is InChI=1S/C29H50O/c1-19(2)9-8-10-20(3)23-13-14-24-22-12-11-21-17-26(30)27(4,5)18-29(21,7)25(22)15-16-28(23,24)6/h19-25H,8-18H2,1-7H3/t20-,21?,22+,23-,24+,25+,28-,29+/m1/s1. The molecule has 4 rings (SSSR count). The van der Waals surface area contributed by atoms with Crippen LogP contribution >= 0.6 is 0 Å². The predicted octanol–water partition coefficient (Wildman–Crippen LogP) is 8.31. The van der Waals surface area contributed by atoms with E-state index in [1.165, 1.54) is 57.8 Å². The molecule has 0 saturated heterocycles. The molecule has 30 heavy (non-hydrogen) atoms. The summed E-state index contributed by atoms with van der Waals surface area (Å²) in [4.78, 5) is 12.8. The maximum Gasteiger partial charge on any atom is 0.138 e. The van der Waals surface area contributed by atoms with E-state index in [0.29, 0.717) is 22.5 Å². The van der Waals surface area contributed by atoms with Crippen molar-refractivity contribution in [2.45, 2.75) is 119 Å². The van der Waals surface area contributed by atoms with Crippen LogP contribution in [0.4, 0.5) is 0 Å². The molecule has 172 valence electrons. The Morgan fingerprint density at radius 1 is 0.867 bits per heavy atom. The molecule has 0 amide bonds. The van der Waals surface area contributed by atoms with Crippen LogP contribution in [0.5, 0.6) is 0 Å². The van der Waals surface area contributed by atoms with Crippen molar-refractivity contribution in [1.82, 2.24) is 0 Å². The Kier molecular flexibility index (Phi) is 6.03. The lowest BCUT2D eigenvalue weighted by Gasteiger charge is -2.62. The molecule has 0 aromatic carbocycles. The van der Waals surface area contributed by atoms with Gasteiger partial charge >= 0.3 is 0 Å². The van der Waals surface area contributed by atoms with Crippen molar-refractivity contribution in [2.24, 2.45) is 57.7 Å². The van der Waals surface area contributed by atoms with Gasteiger partial charge in [-0.25, -0.2) is 0 Å². The van der Waals surface area contributed by atoms with Gasteiger partial charge in [-0.2, -0.15) is 0 Å². The maximum absolute atomic E-state index is 12.8. The Hall–Kier alpha value is -0.330. The minimum atomic E-state index is -0.100. The van der Waals surface area contributed by atoms with E-state index >= 15 is 0 Å².